The largest absolute Gasteiger partial charge is 0.493 e. The first kappa shape index (κ1) is 26.5. The first-order valence-electron chi connectivity index (χ1n) is 11.7. The third kappa shape index (κ3) is 6.61. The van der Waals surface area contributed by atoms with Crippen molar-refractivity contribution in [1.29, 1.82) is 0 Å². The van der Waals surface area contributed by atoms with Gasteiger partial charge in [0.05, 0.1) is 24.8 Å². The van der Waals surface area contributed by atoms with Crippen molar-refractivity contribution >= 4 is 45.8 Å². The number of thiophene rings is 1. The summed E-state index contributed by atoms with van der Waals surface area (Å²) in [6, 6.07) is 11.9. The highest BCUT2D eigenvalue weighted by atomic mass is 35.5. The molecule has 0 unspecified atom stereocenters. The number of methoxy groups -OCH3 is 1. The summed E-state index contributed by atoms with van der Waals surface area (Å²) in [6.45, 7) is 1.66. The molecule has 1 fully saturated rings. The number of hydrogen-bond acceptors (Lipinski definition) is 8. The molecule has 0 radical (unpaired) electrons. The Morgan fingerprint density at radius 2 is 1.84 bits per heavy atom. The molecule has 0 aliphatic heterocycles. The summed E-state index contributed by atoms with van der Waals surface area (Å²) >= 11 is 7.43. The Labute approximate surface area is 223 Å². The lowest BCUT2D eigenvalue weighted by Gasteiger charge is -2.13. The Hall–Kier alpha value is -3.56. The fourth-order valence-electron chi connectivity index (χ4n) is 3.63. The van der Waals surface area contributed by atoms with E-state index in [1.807, 2.05) is 23.6 Å². The van der Waals surface area contributed by atoms with Crippen molar-refractivity contribution in [3.8, 4) is 11.5 Å². The van der Waals surface area contributed by atoms with Crippen LogP contribution in [0.25, 0.3) is 0 Å². The fourth-order valence-corrected chi connectivity index (χ4v) is 4.87. The number of ether oxygens (including phenoxy) is 4. The maximum absolute atomic E-state index is 12.6. The fraction of sp³-hybridized carbons (Fsp3) is 0.296. The predicted molar refractivity (Wildman–Crippen MR) is 140 cm³/mol. The van der Waals surface area contributed by atoms with Crippen LogP contribution in [-0.4, -0.2) is 38.2 Å². The van der Waals surface area contributed by atoms with E-state index in [1.54, 1.807) is 19.1 Å². The topological polar surface area (TPSA) is 100 Å². The van der Waals surface area contributed by atoms with Crippen LogP contribution in [0.2, 0.25) is 5.02 Å². The second kappa shape index (κ2) is 12.1. The standard InChI is InChI=1S/C27H26ClNO7S/c1-3-34-27(32)24-19(16-8-9-16)15-37-25(24)29-23(30)14-36-26(31)17-10-11-21(22(12-17)33-2)35-13-18-6-4-5-7-20(18)28/h4-7,10-12,15-16H,3,8-9,13-14H2,1-2H3,(H,29,30). The molecule has 194 valence electrons. The van der Waals surface area contributed by atoms with E-state index in [0.717, 1.165) is 24.0 Å². The minimum absolute atomic E-state index is 0.189. The molecule has 1 amide bonds. The third-order valence-corrected chi connectivity index (χ3v) is 6.93. The highest BCUT2D eigenvalue weighted by Crippen LogP contribution is 2.46. The second-order valence-corrected chi connectivity index (χ2v) is 9.55. The smallest absolute Gasteiger partial charge is 0.341 e. The van der Waals surface area contributed by atoms with E-state index in [4.69, 9.17) is 30.5 Å². The number of hydrogen-bond donors (Lipinski definition) is 1. The average molecular weight is 544 g/mol. The summed E-state index contributed by atoms with van der Waals surface area (Å²) in [4.78, 5) is 37.6. The van der Waals surface area contributed by atoms with E-state index >= 15 is 0 Å². The molecule has 0 bridgehead atoms. The minimum Gasteiger partial charge on any atom is -0.493 e. The van der Waals surface area contributed by atoms with Gasteiger partial charge in [-0.2, -0.15) is 0 Å². The van der Waals surface area contributed by atoms with E-state index in [-0.39, 0.29) is 18.8 Å². The van der Waals surface area contributed by atoms with Gasteiger partial charge in [0, 0.05) is 10.6 Å². The molecule has 0 saturated heterocycles. The number of nitrogens with one attached hydrogen (secondary N) is 1. The van der Waals surface area contributed by atoms with Crippen molar-refractivity contribution in [1.82, 2.24) is 0 Å². The Balaban J connectivity index is 1.36. The van der Waals surface area contributed by atoms with E-state index in [0.29, 0.717) is 33.0 Å². The highest BCUT2D eigenvalue weighted by molar-refractivity contribution is 7.15. The maximum atomic E-state index is 12.6. The summed E-state index contributed by atoms with van der Waals surface area (Å²) in [7, 11) is 1.46. The molecule has 4 rings (SSSR count). The van der Waals surface area contributed by atoms with Crippen molar-refractivity contribution in [3.63, 3.8) is 0 Å². The minimum atomic E-state index is -0.707. The molecule has 2 aromatic carbocycles. The zero-order chi connectivity index (χ0) is 26.4. The zero-order valence-electron chi connectivity index (χ0n) is 20.4. The number of carbonyl (C=O) groups excluding carboxylic acids is 3. The second-order valence-electron chi connectivity index (χ2n) is 8.26. The van der Waals surface area contributed by atoms with Crippen LogP contribution in [0.4, 0.5) is 5.00 Å². The molecule has 8 nitrogen and oxygen atoms in total. The van der Waals surface area contributed by atoms with Gasteiger partial charge in [0.2, 0.25) is 0 Å². The average Bonchev–Trinajstić information content (AvgIpc) is 3.66. The van der Waals surface area contributed by atoms with Crippen LogP contribution in [0.1, 0.15) is 57.5 Å². The molecular weight excluding hydrogens is 518 g/mol. The normalized spacial score (nSPS) is 12.5. The van der Waals surface area contributed by atoms with Gasteiger partial charge in [-0.15, -0.1) is 11.3 Å². The van der Waals surface area contributed by atoms with Gasteiger partial charge >= 0.3 is 11.9 Å². The van der Waals surface area contributed by atoms with Gasteiger partial charge in [-0.05, 0) is 60.9 Å². The molecule has 1 saturated carbocycles. The van der Waals surface area contributed by atoms with E-state index in [1.165, 1.54) is 30.6 Å². The summed E-state index contributed by atoms with van der Waals surface area (Å²) in [5, 5.41) is 5.52. The van der Waals surface area contributed by atoms with Crippen molar-refractivity contribution in [2.24, 2.45) is 0 Å². The number of benzene rings is 2. The molecule has 1 aromatic heterocycles. The first-order chi connectivity index (χ1) is 17.9. The molecule has 1 heterocycles. The molecule has 1 aliphatic carbocycles. The van der Waals surface area contributed by atoms with Gasteiger partial charge in [-0.1, -0.05) is 29.8 Å². The van der Waals surface area contributed by atoms with E-state index in [2.05, 4.69) is 5.32 Å². The van der Waals surface area contributed by atoms with Crippen LogP contribution < -0.4 is 14.8 Å². The number of halogens is 1. The number of esters is 2. The van der Waals surface area contributed by atoms with Gasteiger partial charge < -0.3 is 24.3 Å². The lowest BCUT2D eigenvalue weighted by Crippen LogP contribution is -2.22. The van der Waals surface area contributed by atoms with Gasteiger partial charge in [0.25, 0.3) is 5.91 Å². The first-order valence-corrected chi connectivity index (χ1v) is 13.0. The van der Waals surface area contributed by atoms with Gasteiger partial charge in [0.1, 0.15) is 11.6 Å². The summed E-state index contributed by atoms with van der Waals surface area (Å²) in [5.74, 6) is -0.674. The molecule has 10 heteroatoms. The molecule has 0 spiro atoms. The number of anilines is 1. The lowest BCUT2D eigenvalue weighted by molar-refractivity contribution is -0.119. The summed E-state index contributed by atoms with van der Waals surface area (Å²) < 4.78 is 21.5. The predicted octanol–water partition coefficient (Wildman–Crippen LogP) is 5.84. The van der Waals surface area contributed by atoms with Gasteiger partial charge in [0.15, 0.2) is 18.1 Å². The van der Waals surface area contributed by atoms with Gasteiger partial charge in [-0.3, -0.25) is 4.79 Å². The Morgan fingerprint density at radius 1 is 1.05 bits per heavy atom. The maximum Gasteiger partial charge on any atom is 0.341 e. The van der Waals surface area contributed by atoms with Crippen molar-refractivity contribution in [3.05, 3.63) is 75.1 Å². The Bertz CT molecular complexity index is 1300. The van der Waals surface area contributed by atoms with Crippen LogP contribution in [0, 0.1) is 0 Å². The van der Waals surface area contributed by atoms with Crippen LogP contribution in [0.3, 0.4) is 0 Å². The van der Waals surface area contributed by atoms with Crippen molar-refractivity contribution < 1.29 is 33.3 Å². The summed E-state index contributed by atoms with van der Waals surface area (Å²) in [6.07, 6.45) is 2.00. The third-order valence-electron chi connectivity index (χ3n) is 5.64. The van der Waals surface area contributed by atoms with Gasteiger partial charge in [-0.25, -0.2) is 9.59 Å². The van der Waals surface area contributed by atoms with Crippen LogP contribution >= 0.6 is 22.9 Å². The monoisotopic (exact) mass is 543 g/mol. The van der Waals surface area contributed by atoms with Crippen LogP contribution in [-0.2, 0) is 20.9 Å². The number of rotatable bonds is 11. The SMILES string of the molecule is CCOC(=O)c1c(C2CC2)csc1NC(=O)COC(=O)c1ccc(OCc2ccccc2Cl)c(OC)c1. The number of amides is 1. The quantitative estimate of drug-likeness (QED) is 0.303. The van der Waals surface area contributed by atoms with Crippen LogP contribution in [0.15, 0.2) is 47.8 Å². The van der Waals surface area contributed by atoms with E-state index in [9.17, 15) is 14.4 Å². The van der Waals surface area contributed by atoms with Crippen molar-refractivity contribution in [2.75, 3.05) is 25.6 Å². The Kier molecular flexibility index (Phi) is 8.68. The Morgan fingerprint density at radius 3 is 2.54 bits per heavy atom. The van der Waals surface area contributed by atoms with Crippen molar-refractivity contribution in [2.45, 2.75) is 32.3 Å². The zero-order valence-corrected chi connectivity index (χ0v) is 21.9. The highest BCUT2D eigenvalue weighted by Gasteiger charge is 2.32. The van der Waals surface area contributed by atoms with Crippen LogP contribution in [0.5, 0.6) is 11.5 Å². The molecule has 0 atom stereocenters. The molecule has 1 aliphatic rings. The molecule has 3 aromatic rings. The molecular formula is C27H26ClNO7S. The molecule has 37 heavy (non-hydrogen) atoms. The summed E-state index contributed by atoms with van der Waals surface area (Å²) in [5.41, 5.74) is 2.27. The van der Waals surface area contributed by atoms with E-state index < -0.39 is 24.5 Å². The molecule has 1 N–H and O–H groups in total. The lowest BCUT2D eigenvalue weighted by atomic mass is 10.1. The number of carbonyl (C=O) groups is 3.